The Morgan fingerprint density at radius 3 is 2.20 bits per heavy atom. The molecular weight excluding hydrogens is 633 g/mol. The highest BCUT2D eigenvalue weighted by Gasteiger charge is 2.34. The molecule has 1 N–H and O–H groups in total. The zero-order valence-electron chi connectivity index (χ0n) is 25.2. The minimum atomic E-state index is -4.27. The number of amides is 2. The standard InChI is InChI=1S/C34H35Cl2N3O5S/c1-4-37-34(41)31(20-25-9-6-5-7-10-25)38(22-26-11-8-12-27(35)19-26)33(40)23-39(28-15-18-32(44-3)30(36)21-28)45(42,43)29-16-13-24(2)14-17-29/h5-19,21,31H,4,20,22-23H2,1-3H3,(H,37,41). The van der Waals surface area contributed by atoms with Gasteiger partial charge in [0.25, 0.3) is 10.0 Å². The maximum atomic E-state index is 14.4. The van der Waals surface area contributed by atoms with Gasteiger partial charge in [-0.25, -0.2) is 8.42 Å². The summed E-state index contributed by atoms with van der Waals surface area (Å²) < 4.78 is 34.6. The Bertz CT molecular complexity index is 1730. The minimum absolute atomic E-state index is 0.00112. The van der Waals surface area contributed by atoms with Gasteiger partial charge in [-0.2, -0.15) is 0 Å². The van der Waals surface area contributed by atoms with E-state index in [2.05, 4.69) is 5.32 Å². The number of hydrogen-bond acceptors (Lipinski definition) is 5. The molecule has 1 unspecified atom stereocenters. The molecule has 11 heteroatoms. The summed E-state index contributed by atoms with van der Waals surface area (Å²) >= 11 is 12.7. The zero-order valence-corrected chi connectivity index (χ0v) is 27.6. The summed E-state index contributed by atoms with van der Waals surface area (Å²) in [5, 5.41) is 3.48. The number of sulfonamides is 1. The van der Waals surface area contributed by atoms with E-state index in [0.717, 1.165) is 15.4 Å². The molecule has 4 rings (SSSR count). The van der Waals surface area contributed by atoms with E-state index in [1.165, 1.54) is 42.3 Å². The summed E-state index contributed by atoms with van der Waals surface area (Å²) in [6, 6.07) is 26.2. The molecule has 0 aliphatic carbocycles. The number of carbonyl (C=O) groups excluding carboxylic acids is 2. The Hall–Kier alpha value is -4.05. The third kappa shape index (κ3) is 8.57. The van der Waals surface area contributed by atoms with E-state index in [1.54, 1.807) is 43.3 Å². The second kappa shape index (κ2) is 15.3. The summed E-state index contributed by atoms with van der Waals surface area (Å²) in [4.78, 5) is 29.4. The fourth-order valence-corrected chi connectivity index (χ4v) is 6.73. The largest absolute Gasteiger partial charge is 0.495 e. The molecular formula is C34H35Cl2N3O5S. The van der Waals surface area contributed by atoms with Crippen molar-refractivity contribution in [1.82, 2.24) is 10.2 Å². The summed E-state index contributed by atoms with van der Waals surface area (Å²) in [6.45, 7) is 3.40. The average Bonchev–Trinajstić information content (AvgIpc) is 3.02. The molecule has 1 atom stereocenters. The summed E-state index contributed by atoms with van der Waals surface area (Å²) in [5.41, 5.74) is 2.56. The topological polar surface area (TPSA) is 96.0 Å². The van der Waals surface area contributed by atoms with Crippen LogP contribution in [0.25, 0.3) is 0 Å². The Morgan fingerprint density at radius 1 is 0.889 bits per heavy atom. The number of hydrogen-bond donors (Lipinski definition) is 1. The van der Waals surface area contributed by atoms with Gasteiger partial charge in [0.1, 0.15) is 18.3 Å². The van der Waals surface area contributed by atoms with Gasteiger partial charge in [0.15, 0.2) is 0 Å². The smallest absolute Gasteiger partial charge is 0.264 e. The van der Waals surface area contributed by atoms with Gasteiger partial charge in [-0.1, -0.05) is 83.4 Å². The van der Waals surface area contributed by atoms with Crippen molar-refractivity contribution in [3.05, 3.63) is 124 Å². The van der Waals surface area contributed by atoms with E-state index < -0.39 is 28.5 Å². The van der Waals surface area contributed by atoms with E-state index >= 15 is 0 Å². The van der Waals surface area contributed by atoms with E-state index in [9.17, 15) is 18.0 Å². The van der Waals surface area contributed by atoms with Crippen LogP contribution in [0, 0.1) is 6.92 Å². The number of anilines is 1. The van der Waals surface area contributed by atoms with Crippen LogP contribution in [0.3, 0.4) is 0 Å². The van der Waals surface area contributed by atoms with Crippen molar-refractivity contribution < 1.29 is 22.7 Å². The van der Waals surface area contributed by atoms with E-state index in [-0.39, 0.29) is 34.5 Å². The predicted octanol–water partition coefficient (Wildman–Crippen LogP) is 6.28. The molecule has 0 aliphatic heterocycles. The molecule has 4 aromatic rings. The van der Waals surface area contributed by atoms with Gasteiger partial charge in [0.2, 0.25) is 11.8 Å². The van der Waals surface area contributed by atoms with Gasteiger partial charge in [0, 0.05) is 24.5 Å². The van der Waals surface area contributed by atoms with Crippen LogP contribution in [0.15, 0.2) is 102 Å². The highest BCUT2D eigenvalue weighted by atomic mass is 35.5. The molecule has 8 nitrogen and oxygen atoms in total. The molecule has 0 aliphatic rings. The molecule has 2 amide bonds. The van der Waals surface area contributed by atoms with Crippen LogP contribution in [-0.4, -0.2) is 51.4 Å². The predicted molar refractivity (Wildman–Crippen MR) is 178 cm³/mol. The lowest BCUT2D eigenvalue weighted by Crippen LogP contribution is -2.53. The molecule has 0 heterocycles. The van der Waals surface area contributed by atoms with Crippen LogP contribution < -0.4 is 14.4 Å². The number of benzene rings is 4. The van der Waals surface area contributed by atoms with Crippen LogP contribution >= 0.6 is 23.2 Å². The molecule has 0 bridgehead atoms. The van der Waals surface area contributed by atoms with Crippen molar-refractivity contribution in [3.63, 3.8) is 0 Å². The van der Waals surface area contributed by atoms with Gasteiger partial charge < -0.3 is 15.0 Å². The number of rotatable bonds is 13. The quantitative estimate of drug-likeness (QED) is 0.181. The lowest BCUT2D eigenvalue weighted by molar-refractivity contribution is -0.140. The highest BCUT2D eigenvalue weighted by Crippen LogP contribution is 2.32. The Balaban J connectivity index is 1.82. The van der Waals surface area contributed by atoms with Crippen molar-refractivity contribution in [2.45, 2.75) is 37.8 Å². The SMILES string of the molecule is CCNC(=O)C(Cc1ccccc1)N(Cc1cccc(Cl)c1)C(=O)CN(c1ccc(OC)c(Cl)c1)S(=O)(=O)c1ccc(C)cc1. The Labute approximate surface area is 274 Å². The molecule has 0 saturated heterocycles. The number of nitrogens with zero attached hydrogens (tertiary/aromatic N) is 2. The third-order valence-corrected chi connectivity index (χ3v) is 9.49. The fourth-order valence-electron chi connectivity index (χ4n) is 4.85. The van der Waals surface area contributed by atoms with Crippen molar-refractivity contribution in [1.29, 1.82) is 0 Å². The number of carbonyl (C=O) groups is 2. The summed E-state index contributed by atoms with van der Waals surface area (Å²) in [5.74, 6) is -0.608. The first-order chi connectivity index (χ1) is 21.5. The molecule has 0 fully saturated rings. The fraction of sp³-hybridized carbons (Fsp3) is 0.235. The third-order valence-electron chi connectivity index (χ3n) is 7.18. The molecule has 236 valence electrons. The van der Waals surface area contributed by atoms with Gasteiger partial charge in [0.05, 0.1) is 22.7 Å². The monoisotopic (exact) mass is 667 g/mol. The Kier molecular flexibility index (Phi) is 11.5. The van der Waals surface area contributed by atoms with Crippen molar-refractivity contribution in [3.8, 4) is 5.75 Å². The van der Waals surface area contributed by atoms with Crippen molar-refractivity contribution in [2.75, 3.05) is 24.5 Å². The van der Waals surface area contributed by atoms with Crippen LogP contribution in [0.2, 0.25) is 10.0 Å². The van der Waals surface area contributed by atoms with Crippen LogP contribution in [0.5, 0.6) is 5.75 Å². The van der Waals surface area contributed by atoms with Crippen molar-refractivity contribution >= 4 is 50.7 Å². The zero-order chi connectivity index (χ0) is 32.6. The van der Waals surface area contributed by atoms with E-state index in [1.807, 2.05) is 37.3 Å². The van der Waals surface area contributed by atoms with E-state index in [0.29, 0.717) is 22.9 Å². The summed E-state index contributed by atoms with van der Waals surface area (Å²) in [7, 11) is -2.81. The minimum Gasteiger partial charge on any atom is -0.495 e. The lowest BCUT2D eigenvalue weighted by Gasteiger charge is -2.34. The van der Waals surface area contributed by atoms with Gasteiger partial charge in [-0.05, 0) is 67.4 Å². The van der Waals surface area contributed by atoms with Gasteiger partial charge in [-0.15, -0.1) is 0 Å². The number of methoxy groups -OCH3 is 1. The second-order valence-electron chi connectivity index (χ2n) is 10.4. The number of halogens is 2. The normalized spacial score (nSPS) is 11.8. The van der Waals surface area contributed by atoms with Crippen molar-refractivity contribution in [2.24, 2.45) is 0 Å². The second-order valence-corrected chi connectivity index (χ2v) is 13.1. The first-order valence-electron chi connectivity index (χ1n) is 14.3. The average molecular weight is 669 g/mol. The Morgan fingerprint density at radius 2 is 1.58 bits per heavy atom. The maximum Gasteiger partial charge on any atom is 0.264 e. The molecule has 0 radical (unpaired) electrons. The number of ether oxygens (including phenoxy) is 1. The summed E-state index contributed by atoms with van der Waals surface area (Å²) in [6.07, 6.45) is 0.206. The van der Waals surface area contributed by atoms with Crippen LogP contribution in [-0.2, 0) is 32.6 Å². The number of aryl methyl sites for hydroxylation is 1. The number of likely N-dealkylation sites (N-methyl/N-ethyl adjacent to an activating group) is 1. The maximum absolute atomic E-state index is 14.4. The highest BCUT2D eigenvalue weighted by molar-refractivity contribution is 7.92. The molecule has 45 heavy (non-hydrogen) atoms. The molecule has 0 saturated carbocycles. The molecule has 4 aromatic carbocycles. The molecule has 0 spiro atoms. The number of nitrogens with one attached hydrogen (secondary N) is 1. The van der Waals surface area contributed by atoms with Gasteiger partial charge in [-0.3, -0.25) is 13.9 Å². The van der Waals surface area contributed by atoms with Crippen LogP contribution in [0.1, 0.15) is 23.6 Å². The first-order valence-corrected chi connectivity index (χ1v) is 16.5. The van der Waals surface area contributed by atoms with Crippen LogP contribution in [0.4, 0.5) is 5.69 Å². The first kappa shape index (κ1) is 33.8. The van der Waals surface area contributed by atoms with Gasteiger partial charge >= 0.3 is 0 Å². The molecule has 0 aromatic heterocycles. The lowest BCUT2D eigenvalue weighted by atomic mass is 10.0. The van der Waals surface area contributed by atoms with E-state index in [4.69, 9.17) is 27.9 Å².